The van der Waals surface area contributed by atoms with Crippen LogP contribution in [0.4, 0.5) is 0 Å². The van der Waals surface area contributed by atoms with E-state index in [2.05, 4.69) is 16.0 Å². The predicted molar refractivity (Wildman–Crippen MR) is 131 cm³/mol. The summed E-state index contributed by atoms with van der Waals surface area (Å²) in [5.41, 5.74) is -0.713. The monoisotopic (exact) mass is 487 g/mol. The molecule has 1 saturated carbocycles. The van der Waals surface area contributed by atoms with Gasteiger partial charge in [-0.15, -0.1) is 0 Å². The van der Waals surface area contributed by atoms with E-state index in [1.165, 1.54) is 6.20 Å². The van der Waals surface area contributed by atoms with Crippen LogP contribution in [0.3, 0.4) is 0 Å². The molecule has 3 heterocycles. The van der Waals surface area contributed by atoms with Gasteiger partial charge in [-0.3, -0.25) is 4.98 Å². The molecule has 1 saturated heterocycles. The molecule has 3 aliphatic rings. The van der Waals surface area contributed by atoms with E-state index < -0.39 is 17.3 Å². The molecule has 0 radical (unpaired) electrons. The van der Waals surface area contributed by atoms with E-state index in [4.69, 9.17) is 16.3 Å². The van der Waals surface area contributed by atoms with Crippen LogP contribution >= 0.6 is 11.6 Å². The van der Waals surface area contributed by atoms with E-state index in [-0.39, 0.29) is 11.8 Å². The van der Waals surface area contributed by atoms with Crippen LogP contribution in [-0.4, -0.2) is 45.8 Å². The number of benzene rings is 2. The molecule has 3 aromatic rings. The molecule has 2 aliphatic heterocycles. The van der Waals surface area contributed by atoms with Crippen LogP contribution in [0.2, 0.25) is 5.02 Å². The van der Waals surface area contributed by atoms with Crippen molar-refractivity contribution in [3.63, 3.8) is 0 Å². The second kappa shape index (κ2) is 8.32. The Labute approximate surface area is 209 Å². The standard InChI is InChI=1S/C28H26ClN3O3/c29-21-14-23-25(31-16-21)27(34)26(33)22(17-32-12-4-5-13-32)24(19-6-2-1-3-7-19)28(27,35-23)20-10-8-18(15-30)9-11-20/h1-3,6-11,14,16,22,24,26,33-34H,4-5,12-13,17H2/t22-,24-,26-,27+,28+/m1/s1. The summed E-state index contributed by atoms with van der Waals surface area (Å²) < 4.78 is 6.74. The van der Waals surface area contributed by atoms with Crippen molar-refractivity contribution in [2.75, 3.05) is 19.6 Å². The quantitative estimate of drug-likeness (QED) is 0.579. The molecule has 6 rings (SSSR count). The number of nitriles is 1. The largest absolute Gasteiger partial charge is 0.476 e. The van der Waals surface area contributed by atoms with Crippen LogP contribution in [-0.2, 0) is 11.2 Å². The number of aromatic nitrogens is 1. The first-order valence-corrected chi connectivity index (χ1v) is 12.4. The Morgan fingerprint density at radius 1 is 1.11 bits per heavy atom. The maximum absolute atomic E-state index is 12.6. The lowest BCUT2D eigenvalue weighted by Gasteiger charge is -2.40. The first kappa shape index (κ1) is 22.5. The van der Waals surface area contributed by atoms with Crippen molar-refractivity contribution in [2.24, 2.45) is 5.92 Å². The first-order valence-electron chi connectivity index (χ1n) is 12.0. The molecule has 5 atom stereocenters. The fraction of sp³-hybridized carbons (Fsp3) is 0.357. The molecule has 35 heavy (non-hydrogen) atoms. The summed E-state index contributed by atoms with van der Waals surface area (Å²) in [5.74, 6) is -0.337. The van der Waals surface area contributed by atoms with Crippen LogP contribution in [0.1, 0.15) is 41.1 Å². The molecule has 0 unspecified atom stereocenters. The van der Waals surface area contributed by atoms with E-state index in [1.807, 2.05) is 42.5 Å². The molecule has 2 fully saturated rings. The van der Waals surface area contributed by atoms with Crippen molar-refractivity contribution in [3.8, 4) is 11.8 Å². The highest BCUT2D eigenvalue weighted by molar-refractivity contribution is 6.30. The third kappa shape index (κ3) is 3.16. The summed E-state index contributed by atoms with van der Waals surface area (Å²) in [6.45, 7) is 2.57. The minimum atomic E-state index is -1.81. The number of halogens is 1. The van der Waals surface area contributed by atoms with Crippen LogP contribution in [0.25, 0.3) is 0 Å². The van der Waals surface area contributed by atoms with Gasteiger partial charge in [0.05, 0.1) is 22.8 Å². The van der Waals surface area contributed by atoms with Gasteiger partial charge in [0.15, 0.2) is 11.2 Å². The summed E-state index contributed by atoms with van der Waals surface area (Å²) in [5, 5.41) is 34.3. The second-order valence-corrected chi connectivity index (χ2v) is 10.2. The maximum atomic E-state index is 12.6. The topological polar surface area (TPSA) is 89.6 Å². The number of hydrogen-bond donors (Lipinski definition) is 2. The lowest BCUT2D eigenvalue weighted by atomic mass is 9.71. The molecule has 2 aromatic carbocycles. The van der Waals surface area contributed by atoms with E-state index >= 15 is 0 Å². The third-order valence-electron chi connectivity index (χ3n) is 7.99. The van der Waals surface area contributed by atoms with Crippen LogP contribution in [0.15, 0.2) is 66.9 Å². The van der Waals surface area contributed by atoms with Crippen molar-refractivity contribution in [3.05, 3.63) is 94.3 Å². The number of nitrogens with zero attached hydrogens (tertiary/aromatic N) is 3. The first-order chi connectivity index (χ1) is 17.0. The molecule has 6 nitrogen and oxygen atoms in total. The smallest absolute Gasteiger partial charge is 0.181 e. The Balaban J connectivity index is 1.61. The highest BCUT2D eigenvalue weighted by atomic mass is 35.5. The third-order valence-corrected chi connectivity index (χ3v) is 8.19. The zero-order valence-electron chi connectivity index (χ0n) is 19.1. The Kier molecular flexibility index (Phi) is 5.35. The number of aliphatic hydroxyl groups excluding tert-OH is 1. The summed E-state index contributed by atoms with van der Waals surface area (Å²) in [6, 6.07) is 20.8. The van der Waals surface area contributed by atoms with Crippen LogP contribution in [0, 0.1) is 17.2 Å². The van der Waals surface area contributed by atoms with Crippen molar-refractivity contribution in [1.82, 2.24) is 9.88 Å². The molecule has 178 valence electrons. The molecule has 0 amide bonds. The molecule has 0 spiro atoms. The molecule has 7 heteroatoms. The van der Waals surface area contributed by atoms with Crippen molar-refractivity contribution >= 4 is 11.6 Å². The van der Waals surface area contributed by atoms with Crippen molar-refractivity contribution in [2.45, 2.75) is 36.1 Å². The Morgan fingerprint density at radius 2 is 1.83 bits per heavy atom. The van der Waals surface area contributed by atoms with E-state index in [0.29, 0.717) is 34.1 Å². The van der Waals surface area contributed by atoms with Gasteiger partial charge in [-0.1, -0.05) is 54.1 Å². The van der Waals surface area contributed by atoms with Crippen LogP contribution in [0.5, 0.6) is 5.75 Å². The Bertz CT molecular complexity index is 1290. The number of fused-ring (bicyclic) bond motifs is 3. The number of rotatable bonds is 4. The van der Waals surface area contributed by atoms with Crippen molar-refractivity contribution < 1.29 is 14.9 Å². The SMILES string of the molecule is N#Cc1ccc([C@@]23Oc4cc(Cl)cnc4[C@]2(O)[C@H](O)[C@H](CN2CCCC2)[C@H]3c2ccccc2)cc1. The summed E-state index contributed by atoms with van der Waals surface area (Å²) in [4.78, 5) is 6.85. The van der Waals surface area contributed by atoms with Gasteiger partial charge in [0.25, 0.3) is 0 Å². The normalized spacial score (nSPS) is 31.5. The number of pyridine rings is 1. The number of aliphatic hydroxyl groups is 2. The molecule has 1 aromatic heterocycles. The Hall–Kier alpha value is -2.95. The van der Waals surface area contributed by atoms with Crippen LogP contribution < -0.4 is 4.74 Å². The lowest BCUT2D eigenvalue weighted by molar-refractivity contribution is -0.153. The minimum Gasteiger partial charge on any atom is -0.476 e. The van der Waals surface area contributed by atoms with Crippen molar-refractivity contribution in [1.29, 1.82) is 5.26 Å². The maximum Gasteiger partial charge on any atom is 0.181 e. The molecule has 1 aliphatic carbocycles. The van der Waals surface area contributed by atoms with Gasteiger partial charge in [-0.25, -0.2) is 0 Å². The van der Waals surface area contributed by atoms with Gasteiger partial charge in [0.2, 0.25) is 0 Å². The van der Waals surface area contributed by atoms with E-state index in [0.717, 1.165) is 31.5 Å². The minimum absolute atomic E-state index is 0.295. The summed E-state index contributed by atoms with van der Waals surface area (Å²) in [6.07, 6.45) is 2.60. The zero-order chi connectivity index (χ0) is 24.2. The zero-order valence-corrected chi connectivity index (χ0v) is 19.9. The number of ether oxygens (including phenoxy) is 1. The predicted octanol–water partition coefficient (Wildman–Crippen LogP) is 3.95. The number of likely N-dealkylation sites (tertiary alicyclic amines) is 1. The summed E-state index contributed by atoms with van der Waals surface area (Å²) >= 11 is 6.26. The number of hydrogen-bond acceptors (Lipinski definition) is 6. The van der Waals surface area contributed by atoms with Gasteiger partial charge < -0.3 is 19.8 Å². The average Bonchev–Trinajstić information content (AvgIpc) is 3.53. The van der Waals surface area contributed by atoms with Gasteiger partial charge in [-0.2, -0.15) is 5.26 Å². The highest BCUT2D eigenvalue weighted by Gasteiger charge is 2.76. The fourth-order valence-corrected chi connectivity index (χ4v) is 6.68. The molecule has 2 N–H and O–H groups in total. The van der Waals surface area contributed by atoms with E-state index in [9.17, 15) is 15.5 Å². The second-order valence-electron chi connectivity index (χ2n) is 9.80. The van der Waals surface area contributed by atoms with Gasteiger partial charge in [-0.05, 0) is 49.2 Å². The van der Waals surface area contributed by atoms with Gasteiger partial charge >= 0.3 is 0 Å². The molecular weight excluding hydrogens is 462 g/mol. The Morgan fingerprint density at radius 3 is 2.51 bits per heavy atom. The molecular formula is C28H26ClN3O3. The average molecular weight is 488 g/mol. The molecule has 0 bridgehead atoms. The fourth-order valence-electron chi connectivity index (χ4n) is 6.53. The van der Waals surface area contributed by atoms with E-state index in [1.54, 1.807) is 18.2 Å². The lowest BCUT2D eigenvalue weighted by Crippen LogP contribution is -2.52. The van der Waals surface area contributed by atoms with Gasteiger partial charge in [0.1, 0.15) is 11.4 Å². The summed E-state index contributed by atoms with van der Waals surface area (Å²) in [7, 11) is 0. The van der Waals surface area contributed by atoms with Gasteiger partial charge in [0, 0.05) is 30.6 Å². The highest BCUT2D eigenvalue weighted by Crippen LogP contribution is 2.68.